The van der Waals surface area contributed by atoms with Crippen molar-refractivity contribution in [3.63, 3.8) is 0 Å². The van der Waals surface area contributed by atoms with E-state index in [0.29, 0.717) is 36.0 Å². The third-order valence-corrected chi connectivity index (χ3v) is 8.43. The molecule has 1 fully saturated rings. The first-order valence-corrected chi connectivity index (χ1v) is 14.1. The van der Waals surface area contributed by atoms with E-state index in [-0.39, 0.29) is 22.3 Å². The van der Waals surface area contributed by atoms with E-state index in [9.17, 15) is 9.18 Å². The quantitative estimate of drug-likeness (QED) is 0.348. The van der Waals surface area contributed by atoms with Crippen LogP contribution in [0.15, 0.2) is 42.6 Å². The largest absolute Gasteiger partial charge is 0.487 e. The van der Waals surface area contributed by atoms with E-state index in [1.807, 2.05) is 42.1 Å². The third-order valence-electron chi connectivity index (χ3n) is 7.72. The number of fused-ring (bicyclic) bond motifs is 1. The highest BCUT2D eigenvalue weighted by Gasteiger charge is 2.40. The lowest BCUT2D eigenvalue weighted by molar-refractivity contribution is -0.135. The van der Waals surface area contributed by atoms with Crippen molar-refractivity contribution >= 4 is 34.9 Å². The number of hydrogen-bond donors (Lipinski definition) is 1. The highest BCUT2D eigenvalue weighted by atomic mass is 35.5. The van der Waals surface area contributed by atoms with Gasteiger partial charge in [0.25, 0.3) is 0 Å². The SMILES string of the molecule is C[C@@H](Oc1cc(-c2ccc3c(c2)CCC2(CCN(C(=O)CN(C)C)CC2)O3)cnc1N)c1c(Cl)ccc(F)c1Cl. The number of pyridine rings is 1. The number of benzene rings is 2. The summed E-state index contributed by atoms with van der Waals surface area (Å²) in [5.41, 5.74) is 9.13. The van der Waals surface area contributed by atoms with Crippen molar-refractivity contribution in [2.45, 2.75) is 44.3 Å². The van der Waals surface area contributed by atoms with Crippen molar-refractivity contribution in [3.05, 3.63) is 69.6 Å². The maximum atomic E-state index is 14.1. The van der Waals surface area contributed by atoms with Gasteiger partial charge in [-0.25, -0.2) is 9.37 Å². The maximum absolute atomic E-state index is 14.1. The van der Waals surface area contributed by atoms with E-state index in [4.69, 9.17) is 38.4 Å². The van der Waals surface area contributed by atoms with Crippen molar-refractivity contribution in [1.82, 2.24) is 14.8 Å². The molecule has 0 bridgehead atoms. The number of rotatable bonds is 6. The number of hydrogen-bond acceptors (Lipinski definition) is 6. The van der Waals surface area contributed by atoms with Crippen LogP contribution in [0.4, 0.5) is 10.2 Å². The smallest absolute Gasteiger partial charge is 0.236 e. The Hall–Kier alpha value is -3.07. The minimum atomic E-state index is -0.659. The first-order valence-electron chi connectivity index (χ1n) is 13.4. The Bertz CT molecular complexity index is 1430. The van der Waals surface area contributed by atoms with Gasteiger partial charge in [0.1, 0.15) is 23.3 Å². The molecule has 212 valence electrons. The number of carbonyl (C=O) groups is 1. The van der Waals surface area contributed by atoms with Gasteiger partial charge in [-0.15, -0.1) is 0 Å². The molecule has 10 heteroatoms. The Morgan fingerprint density at radius 2 is 1.93 bits per heavy atom. The Morgan fingerprint density at radius 3 is 2.65 bits per heavy atom. The number of nitrogens with zero attached hydrogens (tertiary/aromatic N) is 3. The second-order valence-corrected chi connectivity index (χ2v) is 11.6. The molecule has 0 saturated carbocycles. The fourth-order valence-electron chi connectivity index (χ4n) is 5.46. The molecule has 2 N–H and O–H groups in total. The molecular formula is C30H33Cl2FN4O3. The summed E-state index contributed by atoms with van der Waals surface area (Å²) in [6.45, 7) is 3.58. The number of nitrogens with two attached hydrogens (primary N) is 1. The van der Waals surface area contributed by atoms with Crippen molar-refractivity contribution in [1.29, 1.82) is 0 Å². The molecule has 40 heavy (non-hydrogen) atoms. The van der Waals surface area contributed by atoms with Gasteiger partial charge in [-0.3, -0.25) is 4.79 Å². The number of likely N-dealkylation sites (tertiary alicyclic amines) is 1. The van der Waals surface area contributed by atoms with E-state index in [2.05, 4.69) is 11.1 Å². The molecule has 0 aliphatic carbocycles. The number of piperidine rings is 1. The molecular weight excluding hydrogens is 554 g/mol. The summed E-state index contributed by atoms with van der Waals surface area (Å²) >= 11 is 12.5. The minimum absolute atomic E-state index is 0.0824. The summed E-state index contributed by atoms with van der Waals surface area (Å²) in [5.74, 6) is 1.03. The number of aromatic nitrogens is 1. The molecule has 7 nitrogen and oxygen atoms in total. The lowest BCUT2D eigenvalue weighted by atomic mass is 9.82. The van der Waals surface area contributed by atoms with Crippen LogP contribution in [-0.4, -0.2) is 60.0 Å². The van der Waals surface area contributed by atoms with Crippen molar-refractivity contribution in [2.24, 2.45) is 0 Å². The van der Waals surface area contributed by atoms with Crippen molar-refractivity contribution < 1.29 is 18.7 Å². The minimum Gasteiger partial charge on any atom is -0.487 e. The number of ether oxygens (including phenoxy) is 2. The van der Waals surface area contributed by atoms with Gasteiger partial charge >= 0.3 is 0 Å². The third kappa shape index (κ3) is 5.85. The molecule has 0 radical (unpaired) electrons. The van der Waals surface area contributed by atoms with Gasteiger partial charge in [0, 0.05) is 48.3 Å². The average Bonchev–Trinajstić information content (AvgIpc) is 2.92. The first kappa shape index (κ1) is 28.5. The van der Waals surface area contributed by atoms with E-state index >= 15 is 0 Å². The van der Waals surface area contributed by atoms with Gasteiger partial charge < -0.3 is 25.0 Å². The Balaban J connectivity index is 1.30. The number of halogens is 3. The van der Waals surface area contributed by atoms with Crippen molar-refractivity contribution in [3.8, 4) is 22.6 Å². The summed E-state index contributed by atoms with van der Waals surface area (Å²) in [4.78, 5) is 20.6. The van der Waals surface area contributed by atoms with Crippen LogP contribution in [0.25, 0.3) is 11.1 Å². The fraction of sp³-hybridized carbons (Fsp3) is 0.400. The molecule has 3 aromatic rings. The van der Waals surface area contributed by atoms with Crippen LogP contribution in [0.5, 0.6) is 11.5 Å². The summed E-state index contributed by atoms with van der Waals surface area (Å²) in [6, 6.07) is 10.6. The average molecular weight is 588 g/mol. The van der Waals surface area contributed by atoms with Crippen LogP contribution >= 0.6 is 23.2 Å². The lowest BCUT2D eigenvalue weighted by Crippen LogP contribution is -2.52. The topological polar surface area (TPSA) is 80.9 Å². The predicted octanol–water partition coefficient (Wildman–Crippen LogP) is 6.16. The number of anilines is 1. The van der Waals surface area contributed by atoms with Crippen LogP contribution in [0.2, 0.25) is 10.0 Å². The van der Waals surface area contributed by atoms with Gasteiger partial charge in [0.2, 0.25) is 5.91 Å². The molecule has 1 saturated heterocycles. The molecule has 0 unspecified atom stereocenters. The fourth-order valence-corrected chi connectivity index (χ4v) is 6.14. The van der Waals surface area contributed by atoms with Crippen LogP contribution < -0.4 is 15.2 Å². The molecule has 1 aromatic heterocycles. The number of amides is 1. The second kappa shape index (κ2) is 11.4. The normalized spacial score (nSPS) is 16.9. The Labute approximate surface area is 244 Å². The van der Waals surface area contributed by atoms with E-state index in [1.54, 1.807) is 13.1 Å². The first-order chi connectivity index (χ1) is 19.0. The van der Waals surface area contributed by atoms with Crippen LogP contribution in [-0.2, 0) is 11.2 Å². The number of nitrogen functional groups attached to an aromatic ring is 1. The molecule has 1 amide bonds. The van der Waals surface area contributed by atoms with Gasteiger partial charge in [-0.1, -0.05) is 29.3 Å². The highest BCUT2D eigenvalue weighted by Crippen LogP contribution is 2.42. The van der Waals surface area contributed by atoms with Gasteiger partial charge in [-0.2, -0.15) is 0 Å². The monoisotopic (exact) mass is 586 g/mol. The summed E-state index contributed by atoms with van der Waals surface area (Å²) < 4.78 is 26.7. The molecule has 3 heterocycles. The molecule has 1 atom stereocenters. The molecule has 5 rings (SSSR count). The zero-order chi connectivity index (χ0) is 28.6. The number of aryl methyl sites for hydroxylation is 1. The summed E-state index contributed by atoms with van der Waals surface area (Å²) in [5, 5.41) is 0.223. The molecule has 2 aromatic carbocycles. The van der Waals surface area contributed by atoms with Gasteiger partial charge in [0.15, 0.2) is 11.6 Å². The molecule has 1 spiro atoms. The highest BCUT2D eigenvalue weighted by molar-refractivity contribution is 6.36. The lowest BCUT2D eigenvalue weighted by Gasteiger charge is -2.44. The zero-order valence-corrected chi connectivity index (χ0v) is 24.4. The van der Waals surface area contributed by atoms with Crippen molar-refractivity contribution in [2.75, 3.05) is 39.5 Å². The Kier molecular flexibility index (Phi) is 8.13. The summed E-state index contributed by atoms with van der Waals surface area (Å²) in [6.07, 6.45) is 4.48. The standard InChI is InChI=1S/C30H33Cl2FN4O3/c1-18(27-22(31)5-6-23(33)28(27)32)39-25-15-21(16-35-29(25)34)19-4-7-24-20(14-19)8-9-30(40-24)10-12-37(13-11-30)26(38)17-36(2)3/h4-7,14-16,18H,8-13,17H2,1-3H3,(H2,34,35)/t18-/m1/s1. The van der Waals surface area contributed by atoms with E-state index in [0.717, 1.165) is 48.1 Å². The van der Waals surface area contributed by atoms with Gasteiger partial charge in [0.05, 0.1) is 11.6 Å². The second-order valence-electron chi connectivity index (χ2n) is 10.9. The van der Waals surface area contributed by atoms with E-state index in [1.165, 1.54) is 12.1 Å². The number of likely N-dealkylation sites (N-methyl/N-ethyl adjacent to an activating group) is 1. The van der Waals surface area contributed by atoms with Crippen LogP contribution in [0.1, 0.15) is 43.4 Å². The van der Waals surface area contributed by atoms with Crippen LogP contribution in [0, 0.1) is 5.82 Å². The zero-order valence-electron chi connectivity index (χ0n) is 22.8. The molecule has 2 aliphatic heterocycles. The molecule has 2 aliphatic rings. The summed E-state index contributed by atoms with van der Waals surface area (Å²) in [7, 11) is 3.82. The number of carbonyl (C=O) groups excluding carboxylic acids is 1. The predicted molar refractivity (Wildman–Crippen MR) is 156 cm³/mol. The van der Waals surface area contributed by atoms with E-state index < -0.39 is 11.9 Å². The van der Waals surface area contributed by atoms with Gasteiger partial charge in [-0.05, 0) is 75.3 Å². The Morgan fingerprint density at radius 1 is 1.18 bits per heavy atom. The van der Waals surface area contributed by atoms with Crippen LogP contribution in [0.3, 0.4) is 0 Å². The maximum Gasteiger partial charge on any atom is 0.236 e.